The molecule has 0 aromatic rings. The van der Waals surface area contributed by atoms with E-state index in [1.54, 1.807) is 11.8 Å². The third-order valence-electron chi connectivity index (χ3n) is 0.434. The molecule has 0 aromatic carbocycles. The molecule has 10 heavy (non-hydrogen) atoms. The Hall–Kier alpha value is -0.195. The second kappa shape index (κ2) is 4.59. The molecular weight excluding hydrogens is 169 g/mol. The Morgan fingerprint density at radius 2 is 1.80 bits per heavy atom. The Morgan fingerprint density at radius 1 is 1.30 bits per heavy atom. The van der Waals surface area contributed by atoms with Gasteiger partial charge in [0.25, 0.3) is 0 Å². The summed E-state index contributed by atoms with van der Waals surface area (Å²) in [4.78, 5) is 3.80. The van der Waals surface area contributed by atoms with Crippen molar-refractivity contribution in [3.05, 3.63) is 0 Å². The van der Waals surface area contributed by atoms with Crippen LogP contribution in [0.3, 0.4) is 0 Å². The van der Waals surface area contributed by atoms with E-state index in [-0.39, 0.29) is 0 Å². The van der Waals surface area contributed by atoms with Crippen molar-refractivity contribution < 1.29 is 17.3 Å². The van der Waals surface area contributed by atoms with Crippen LogP contribution in [0.25, 0.3) is 0 Å². The first-order valence-electron chi connectivity index (χ1n) is 2.41. The fraction of sp³-hybridized carbons (Fsp3) is 0.667. The first kappa shape index (κ1) is 9.80. The minimum atomic E-state index is -6.00. The van der Waals surface area contributed by atoms with E-state index in [0.29, 0.717) is 0 Å². The molecule has 1 aliphatic rings. The van der Waals surface area contributed by atoms with Gasteiger partial charge in [-0.25, -0.2) is 0 Å². The summed E-state index contributed by atoms with van der Waals surface area (Å²) in [6, 6.07) is 0. The zero-order valence-electron chi connectivity index (χ0n) is 4.86. The SMILES string of the molecule is F[B-](F)(F)F.[C]1=NCCS1. The molecule has 1 nitrogen and oxygen atoms in total. The summed E-state index contributed by atoms with van der Waals surface area (Å²) in [5.41, 5.74) is 2.76. The van der Waals surface area contributed by atoms with Crippen LogP contribution < -0.4 is 0 Å². The quantitative estimate of drug-likeness (QED) is 0.402. The van der Waals surface area contributed by atoms with E-state index in [4.69, 9.17) is 0 Å². The monoisotopic (exact) mass is 173 g/mol. The fourth-order valence-electron chi connectivity index (χ4n) is 0.228. The number of rotatable bonds is 0. The number of aliphatic imine (C=N–C) groups is 1. The molecule has 0 bridgehead atoms. The topological polar surface area (TPSA) is 12.4 Å². The molecule has 7 heteroatoms. The van der Waals surface area contributed by atoms with Gasteiger partial charge in [0.05, 0.1) is 0 Å². The molecule has 1 rings (SSSR count). The molecule has 0 saturated carbocycles. The van der Waals surface area contributed by atoms with Gasteiger partial charge >= 0.3 is 7.25 Å². The van der Waals surface area contributed by atoms with E-state index >= 15 is 0 Å². The highest BCUT2D eigenvalue weighted by Crippen LogP contribution is 2.06. The maximum atomic E-state index is 9.75. The predicted octanol–water partition coefficient (Wildman–Crippen LogP) is 1.94. The van der Waals surface area contributed by atoms with Gasteiger partial charge in [0, 0.05) is 12.3 Å². The number of hydrogen-bond acceptors (Lipinski definition) is 2. The Labute approximate surface area is 60.0 Å². The van der Waals surface area contributed by atoms with Crippen LogP contribution >= 0.6 is 11.8 Å². The number of nitrogens with zero attached hydrogens (tertiary/aromatic N) is 1. The van der Waals surface area contributed by atoms with Gasteiger partial charge in [0.1, 0.15) is 5.55 Å². The maximum absolute atomic E-state index is 9.75. The summed E-state index contributed by atoms with van der Waals surface area (Å²) in [5.74, 6) is 1.14. The highest BCUT2D eigenvalue weighted by Gasteiger charge is 2.20. The summed E-state index contributed by atoms with van der Waals surface area (Å²) >= 11 is 1.66. The van der Waals surface area contributed by atoms with Gasteiger partial charge in [-0.05, 0) is 0 Å². The standard InChI is InChI=1S/C3H4NS.BF4/c1-2-5-3-4-1;2-1(3,4)5/h1-2H2;/q;-1. The largest absolute Gasteiger partial charge is 0.673 e. The smallest absolute Gasteiger partial charge is 0.418 e. The third-order valence-corrected chi connectivity index (χ3v) is 1.08. The summed E-state index contributed by atoms with van der Waals surface area (Å²) in [7, 11) is -6.00. The van der Waals surface area contributed by atoms with Gasteiger partial charge < -0.3 is 17.3 Å². The van der Waals surface area contributed by atoms with Crippen LogP contribution in [-0.4, -0.2) is 25.1 Å². The van der Waals surface area contributed by atoms with Crippen LogP contribution in [0, 0.1) is 0 Å². The molecule has 0 fully saturated rings. The predicted molar refractivity (Wildman–Crippen MR) is 34.9 cm³/mol. The van der Waals surface area contributed by atoms with E-state index in [2.05, 4.69) is 10.5 Å². The molecule has 0 amide bonds. The van der Waals surface area contributed by atoms with Crippen LogP contribution in [0.4, 0.5) is 17.3 Å². The van der Waals surface area contributed by atoms with Crippen LogP contribution in [0.2, 0.25) is 0 Å². The Balaban J connectivity index is 0.000000162. The van der Waals surface area contributed by atoms with Crippen molar-refractivity contribution in [3.63, 3.8) is 0 Å². The van der Waals surface area contributed by atoms with Gasteiger partial charge in [0.15, 0.2) is 0 Å². The minimum Gasteiger partial charge on any atom is -0.418 e. The molecule has 0 saturated heterocycles. The molecule has 0 unspecified atom stereocenters. The minimum absolute atomic E-state index is 0.977. The number of halogens is 4. The van der Waals surface area contributed by atoms with Gasteiger partial charge in [-0.15, -0.1) is 11.8 Å². The lowest BCUT2D eigenvalue weighted by molar-refractivity contribution is 0.368. The normalized spacial score (nSPS) is 16.4. The lowest BCUT2D eigenvalue weighted by Gasteiger charge is -1.94. The van der Waals surface area contributed by atoms with Crippen molar-refractivity contribution in [2.45, 2.75) is 0 Å². The molecule has 0 N–H and O–H groups in total. The Kier molecular flexibility index (Phi) is 4.50. The van der Waals surface area contributed by atoms with Crippen LogP contribution in [0.5, 0.6) is 0 Å². The van der Waals surface area contributed by atoms with E-state index in [1.807, 2.05) is 0 Å². The molecule has 0 aliphatic carbocycles. The summed E-state index contributed by atoms with van der Waals surface area (Å²) in [6.45, 7) is 0.977. The molecule has 59 valence electrons. The summed E-state index contributed by atoms with van der Waals surface area (Å²) in [5, 5.41) is 0. The van der Waals surface area contributed by atoms with E-state index < -0.39 is 7.25 Å². The summed E-state index contributed by atoms with van der Waals surface area (Å²) < 4.78 is 39.0. The Morgan fingerprint density at radius 3 is 1.90 bits per heavy atom. The first-order valence-corrected chi connectivity index (χ1v) is 3.39. The highest BCUT2D eigenvalue weighted by atomic mass is 32.2. The van der Waals surface area contributed by atoms with Crippen molar-refractivity contribution in [1.82, 2.24) is 0 Å². The van der Waals surface area contributed by atoms with Gasteiger partial charge in [-0.2, -0.15) is 0 Å². The second-order valence-corrected chi connectivity index (χ2v) is 2.20. The first-order chi connectivity index (χ1) is 4.50. The van der Waals surface area contributed by atoms with E-state index in [0.717, 1.165) is 12.3 Å². The molecular formula is C3H4BF4NS-. The average molecular weight is 173 g/mol. The molecule has 1 radical (unpaired) electrons. The third kappa shape index (κ3) is 15.7. The number of thioether (sulfide) groups is 1. The van der Waals surface area contributed by atoms with Crippen LogP contribution in [-0.2, 0) is 0 Å². The molecule has 1 aliphatic heterocycles. The van der Waals surface area contributed by atoms with Crippen molar-refractivity contribution in [2.24, 2.45) is 4.99 Å². The molecule has 1 heterocycles. The Bertz CT molecular complexity index is 102. The highest BCUT2D eigenvalue weighted by molar-refractivity contribution is 8.12. The fourth-order valence-corrected chi connectivity index (χ4v) is 0.685. The van der Waals surface area contributed by atoms with E-state index in [1.165, 1.54) is 0 Å². The van der Waals surface area contributed by atoms with Crippen molar-refractivity contribution in [1.29, 1.82) is 0 Å². The van der Waals surface area contributed by atoms with Crippen LogP contribution in [0.15, 0.2) is 4.99 Å². The summed E-state index contributed by atoms with van der Waals surface area (Å²) in [6.07, 6.45) is 0. The van der Waals surface area contributed by atoms with Crippen molar-refractivity contribution in [2.75, 3.05) is 12.3 Å². The lowest BCUT2D eigenvalue weighted by Crippen LogP contribution is -2.02. The molecule has 0 spiro atoms. The van der Waals surface area contributed by atoms with Gasteiger partial charge in [-0.3, -0.25) is 4.99 Å². The molecule has 0 atom stereocenters. The van der Waals surface area contributed by atoms with Crippen LogP contribution in [0.1, 0.15) is 0 Å². The van der Waals surface area contributed by atoms with E-state index in [9.17, 15) is 17.3 Å². The van der Waals surface area contributed by atoms with Crippen molar-refractivity contribution >= 4 is 24.6 Å². The zero-order chi connectivity index (χ0) is 8.04. The van der Waals surface area contributed by atoms with Gasteiger partial charge in [0.2, 0.25) is 0 Å². The van der Waals surface area contributed by atoms with Gasteiger partial charge in [-0.1, -0.05) is 0 Å². The van der Waals surface area contributed by atoms with Crippen molar-refractivity contribution in [3.8, 4) is 0 Å². The lowest BCUT2D eigenvalue weighted by atomic mass is 10.3. The average Bonchev–Trinajstić information content (AvgIpc) is 2.07. The maximum Gasteiger partial charge on any atom is 0.673 e. The second-order valence-electron chi connectivity index (χ2n) is 1.32. The number of hydrogen-bond donors (Lipinski definition) is 0. The zero-order valence-corrected chi connectivity index (χ0v) is 5.68. The molecule has 0 aromatic heterocycles.